The van der Waals surface area contributed by atoms with Gasteiger partial charge in [0, 0.05) is 19.2 Å². The maximum absolute atomic E-state index is 11.4. The van der Waals surface area contributed by atoms with Gasteiger partial charge in [0.05, 0.1) is 6.54 Å². The Kier molecular flexibility index (Phi) is 6.43. The average molecular weight is 262 g/mol. The van der Waals surface area contributed by atoms with Gasteiger partial charge in [0.2, 0.25) is 0 Å². The Morgan fingerprint density at radius 2 is 2.00 bits per heavy atom. The summed E-state index contributed by atoms with van der Waals surface area (Å²) in [6.45, 7) is 3.49. The molecule has 5 nitrogen and oxygen atoms in total. The van der Waals surface area contributed by atoms with Gasteiger partial charge < -0.3 is 16.4 Å². The lowest BCUT2D eigenvalue weighted by molar-refractivity contribution is 0.0963. The molecule has 0 aliphatic heterocycles. The van der Waals surface area contributed by atoms with E-state index in [-0.39, 0.29) is 5.91 Å². The molecule has 0 spiro atoms. The van der Waals surface area contributed by atoms with Gasteiger partial charge in [-0.3, -0.25) is 4.79 Å². The topological polar surface area (TPSA) is 79.5 Å². The maximum Gasteiger partial charge on any atom is 0.251 e. The van der Waals surface area contributed by atoms with Crippen LogP contribution in [0.4, 0.5) is 0 Å². The molecule has 0 bridgehead atoms. The zero-order chi connectivity index (χ0) is 14.1. The summed E-state index contributed by atoms with van der Waals surface area (Å²) in [6.07, 6.45) is 2.21. The van der Waals surface area contributed by atoms with Crippen LogP contribution >= 0.6 is 0 Å². The molecule has 0 aromatic heterocycles. The average Bonchev–Trinajstić information content (AvgIpc) is 2.45. The molecule has 19 heavy (non-hydrogen) atoms. The number of nitrogens with zero attached hydrogens (tertiary/aromatic N) is 1. The van der Waals surface area contributed by atoms with Crippen molar-refractivity contribution in [1.29, 1.82) is 0 Å². The Balaban J connectivity index is 2.49. The Labute approximate surface area is 114 Å². The largest absolute Gasteiger partial charge is 0.370 e. The molecular formula is C14H22N4O. The summed E-state index contributed by atoms with van der Waals surface area (Å²) in [5.74, 6) is 0.375. The van der Waals surface area contributed by atoms with E-state index in [2.05, 4.69) is 22.5 Å². The smallest absolute Gasteiger partial charge is 0.251 e. The van der Waals surface area contributed by atoms with E-state index in [1.165, 1.54) is 0 Å². The molecule has 0 aliphatic rings. The van der Waals surface area contributed by atoms with E-state index in [1.54, 1.807) is 19.2 Å². The highest BCUT2D eigenvalue weighted by Gasteiger charge is 2.01. The summed E-state index contributed by atoms with van der Waals surface area (Å²) in [4.78, 5) is 15.6. The Hall–Kier alpha value is -2.04. The molecule has 1 aromatic carbocycles. The van der Waals surface area contributed by atoms with E-state index in [9.17, 15) is 4.79 Å². The fourth-order valence-corrected chi connectivity index (χ4v) is 1.53. The van der Waals surface area contributed by atoms with Crippen LogP contribution in [0.5, 0.6) is 0 Å². The number of amides is 1. The molecule has 0 atom stereocenters. The van der Waals surface area contributed by atoms with E-state index < -0.39 is 0 Å². The second-order valence-corrected chi connectivity index (χ2v) is 4.26. The molecule has 0 saturated carbocycles. The molecule has 0 heterocycles. The highest BCUT2D eigenvalue weighted by atomic mass is 16.1. The predicted octanol–water partition coefficient (Wildman–Crippen LogP) is 1.25. The molecule has 1 aromatic rings. The number of carbonyl (C=O) groups is 1. The second kappa shape index (κ2) is 8.13. The summed E-state index contributed by atoms with van der Waals surface area (Å²) in [7, 11) is 1.61. The third-order valence-electron chi connectivity index (χ3n) is 2.71. The molecule has 1 amide bonds. The van der Waals surface area contributed by atoms with Crippen molar-refractivity contribution in [3.8, 4) is 0 Å². The first-order valence-electron chi connectivity index (χ1n) is 6.52. The maximum atomic E-state index is 11.4. The highest BCUT2D eigenvalue weighted by molar-refractivity contribution is 5.93. The van der Waals surface area contributed by atoms with Crippen LogP contribution in [0, 0.1) is 0 Å². The molecule has 1 rings (SSSR count). The van der Waals surface area contributed by atoms with E-state index in [4.69, 9.17) is 5.73 Å². The van der Waals surface area contributed by atoms with Crippen LogP contribution in [0.1, 0.15) is 35.7 Å². The molecule has 5 heteroatoms. The van der Waals surface area contributed by atoms with Crippen LogP contribution in [0.2, 0.25) is 0 Å². The minimum Gasteiger partial charge on any atom is -0.370 e. The van der Waals surface area contributed by atoms with Crippen molar-refractivity contribution in [3.05, 3.63) is 35.4 Å². The summed E-state index contributed by atoms with van der Waals surface area (Å²) < 4.78 is 0. The SMILES string of the molecule is CCCCNC(N)=NCc1ccc(C(=O)NC)cc1. The highest BCUT2D eigenvalue weighted by Crippen LogP contribution is 2.05. The van der Waals surface area contributed by atoms with Gasteiger partial charge in [-0.05, 0) is 24.1 Å². The van der Waals surface area contributed by atoms with Crippen LogP contribution in [-0.4, -0.2) is 25.5 Å². The minimum absolute atomic E-state index is 0.0872. The van der Waals surface area contributed by atoms with Crippen LogP contribution in [0.15, 0.2) is 29.3 Å². The number of hydrogen-bond acceptors (Lipinski definition) is 2. The van der Waals surface area contributed by atoms with Crippen LogP contribution < -0.4 is 16.4 Å². The number of nitrogens with one attached hydrogen (secondary N) is 2. The lowest BCUT2D eigenvalue weighted by Gasteiger charge is -2.05. The van der Waals surface area contributed by atoms with Gasteiger partial charge in [-0.15, -0.1) is 0 Å². The van der Waals surface area contributed by atoms with E-state index >= 15 is 0 Å². The quantitative estimate of drug-likeness (QED) is 0.410. The number of guanidine groups is 1. The number of carbonyl (C=O) groups excluding carboxylic acids is 1. The van der Waals surface area contributed by atoms with Gasteiger partial charge >= 0.3 is 0 Å². The molecule has 0 aliphatic carbocycles. The first-order valence-corrected chi connectivity index (χ1v) is 6.52. The summed E-state index contributed by atoms with van der Waals surface area (Å²) in [6, 6.07) is 7.33. The second-order valence-electron chi connectivity index (χ2n) is 4.26. The fraction of sp³-hybridized carbons (Fsp3) is 0.429. The van der Waals surface area contributed by atoms with Crippen LogP contribution in [0.3, 0.4) is 0 Å². The number of hydrogen-bond donors (Lipinski definition) is 3. The number of rotatable bonds is 6. The van der Waals surface area contributed by atoms with Crippen molar-refractivity contribution in [2.75, 3.05) is 13.6 Å². The molecule has 0 fully saturated rings. The number of benzene rings is 1. The van der Waals surface area contributed by atoms with Gasteiger partial charge in [-0.2, -0.15) is 0 Å². The third kappa shape index (κ3) is 5.42. The Morgan fingerprint density at radius 1 is 1.32 bits per heavy atom. The molecular weight excluding hydrogens is 240 g/mol. The molecule has 0 saturated heterocycles. The van der Waals surface area contributed by atoms with Crippen molar-refractivity contribution in [2.24, 2.45) is 10.7 Å². The van der Waals surface area contributed by atoms with Crippen molar-refractivity contribution in [2.45, 2.75) is 26.3 Å². The van der Waals surface area contributed by atoms with Gasteiger partial charge in [-0.25, -0.2) is 4.99 Å². The molecule has 0 unspecified atom stereocenters. The van der Waals surface area contributed by atoms with Crippen molar-refractivity contribution < 1.29 is 4.79 Å². The van der Waals surface area contributed by atoms with E-state index in [0.717, 1.165) is 24.9 Å². The van der Waals surface area contributed by atoms with E-state index in [0.29, 0.717) is 18.1 Å². The summed E-state index contributed by atoms with van der Waals surface area (Å²) in [5, 5.41) is 5.64. The zero-order valence-corrected chi connectivity index (χ0v) is 11.6. The van der Waals surface area contributed by atoms with Crippen LogP contribution in [-0.2, 0) is 6.54 Å². The van der Waals surface area contributed by atoms with E-state index in [1.807, 2.05) is 12.1 Å². The van der Waals surface area contributed by atoms with Gasteiger partial charge in [-0.1, -0.05) is 25.5 Å². The lowest BCUT2D eigenvalue weighted by Crippen LogP contribution is -2.32. The summed E-state index contributed by atoms with van der Waals surface area (Å²) >= 11 is 0. The minimum atomic E-state index is -0.0872. The standard InChI is InChI=1S/C14H22N4O/c1-3-4-9-17-14(15)18-10-11-5-7-12(8-6-11)13(19)16-2/h5-8H,3-4,9-10H2,1-2H3,(H,16,19)(H3,15,17,18). The normalized spacial score (nSPS) is 11.2. The first kappa shape index (κ1) is 15.0. The molecule has 4 N–H and O–H groups in total. The van der Waals surface area contributed by atoms with Gasteiger partial charge in [0.25, 0.3) is 5.91 Å². The first-order chi connectivity index (χ1) is 9.17. The van der Waals surface area contributed by atoms with Crippen LogP contribution in [0.25, 0.3) is 0 Å². The third-order valence-corrected chi connectivity index (χ3v) is 2.71. The van der Waals surface area contributed by atoms with Crippen molar-refractivity contribution in [3.63, 3.8) is 0 Å². The summed E-state index contributed by atoms with van der Waals surface area (Å²) in [5.41, 5.74) is 7.40. The molecule has 104 valence electrons. The monoisotopic (exact) mass is 262 g/mol. The number of aliphatic imine (C=N–C) groups is 1. The molecule has 0 radical (unpaired) electrons. The van der Waals surface area contributed by atoms with Gasteiger partial charge in [0.1, 0.15) is 0 Å². The number of nitrogens with two attached hydrogens (primary N) is 1. The lowest BCUT2D eigenvalue weighted by atomic mass is 10.1. The van der Waals surface area contributed by atoms with Gasteiger partial charge in [0.15, 0.2) is 5.96 Å². The van der Waals surface area contributed by atoms with Crippen molar-refractivity contribution in [1.82, 2.24) is 10.6 Å². The van der Waals surface area contributed by atoms with Crippen molar-refractivity contribution >= 4 is 11.9 Å². The predicted molar refractivity (Wildman–Crippen MR) is 78.1 cm³/mol. The number of unbranched alkanes of at least 4 members (excludes halogenated alkanes) is 1. The fourth-order valence-electron chi connectivity index (χ4n) is 1.53. The Bertz CT molecular complexity index is 426. The zero-order valence-electron chi connectivity index (χ0n) is 11.6. The Morgan fingerprint density at radius 3 is 2.58 bits per heavy atom.